The van der Waals surface area contributed by atoms with Gasteiger partial charge in [0.05, 0.1) is 17.5 Å². The zero-order chi connectivity index (χ0) is 23.4. The summed E-state index contributed by atoms with van der Waals surface area (Å²) in [5.41, 5.74) is 0.827. The topological polar surface area (TPSA) is 79.3 Å². The Hall–Kier alpha value is -3.10. The van der Waals surface area contributed by atoms with Crippen molar-refractivity contribution in [2.75, 3.05) is 0 Å². The van der Waals surface area contributed by atoms with Crippen LogP contribution < -0.4 is 10.9 Å². The Morgan fingerprint density at radius 3 is 2.50 bits per heavy atom. The summed E-state index contributed by atoms with van der Waals surface area (Å²) in [5.74, 6) is 0.00395. The smallest absolute Gasteiger partial charge is 0.348 e. The third-order valence-corrected chi connectivity index (χ3v) is 6.06. The number of alkyl halides is 3. The molecule has 6 nitrogen and oxygen atoms in total. The second-order valence-electron chi connectivity index (χ2n) is 8.86. The summed E-state index contributed by atoms with van der Waals surface area (Å²) in [6.07, 6.45) is -1.15. The first-order valence-corrected chi connectivity index (χ1v) is 10.6. The van der Waals surface area contributed by atoms with Crippen LogP contribution in [0, 0.1) is 12.8 Å². The second-order valence-corrected chi connectivity index (χ2v) is 8.86. The molecule has 9 heteroatoms. The molecule has 2 heterocycles. The lowest BCUT2D eigenvalue weighted by atomic mass is 10.0. The van der Waals surface area contributed by atoms with Crippen LogP contribution >= 0.6 is 0 Å². The number of carbonyl (C=O) groups excluding carboxylic acids is 1. The van der Waals surface area contributed by atoms with E-state index in [1.54, 1.807) is 6.20 Å². The summed E-state index contributed by atoms with van der Waals surface area (Å²) >= 11 is 0. The van der Waals surface area contributed by atoms with Crippen LogP contribution in [0.15, 0.2) is 29.2 Å². The molecular formula is C23H25F3N4O2. The van der Waals surface area contributed by atoms with Crippen LogP contribution in [0.5, 0.6) is 0 Å². The number of H-pyrrole nitrogens is 1. The van der Waals surface area contributed by atoms with Gasteiger partial charge in [-0.15, -0.1) is 0 Å². The Morgan fingerprint density at radius 2 is 1.94 bits per heavy atom. The number of rotatable bonds is 5. The summed E-state index contributed by atoms with van der Waals surface area (Å²) in [6, 6.07) is 3.63. The molecule has 3 aromatic rings. The lowest BCUT2D eigenvalue weighted by Crippen LogP contribution is -2.36. The van der Waals surface area contributed by atoms with E-state index in [4.69, 9.17) is 0 Å². The van der Waals surface area contributed by atoms with Crippen LogP contribution in [0.4, 0.5) is 13.2 Å². The highest BCUT2D eigenvalue weighted by atomic mass is 19.4. The van der Waals surface area contributed by atoms with Crippen LogP contribution in [0.1, 0.15) is 66.7 Å². The Labute approximate surface area is 182 Å². The van der Waals surface area contributed by atoms with Gasteiger partial charge < -0.3 is 10.3 Å². The van der Waals surface area contributed by atoms with Crippen LogP contribution in [-0.4, -0.2) is 26.5 Å². The Bertz CT molecular complexity index is 1250. The van der Waals surface area contributed by atoms with Crippen LogP contribution in [0.2, 0.25) is 0 Å². The van der Waals surface area contributed by atoms with E-state index < -0.39 is 17.3 Å². The molecule has 0 radical (unpaired) electrons. The summed E-state index contributed by atoms with van der Waals surface area (Å²) in [5, 5.41) is 7.36. The normalized spacial score (nSPS) is 15.4. The van der Waals surface area contributed by atoms with E-state index in [0.717, 1.165) is 18.9 Å². The Morgan fingerprint density at radius 1 is 1.25 bits per heavy atom. The summed E-state index contributed by atoms with van der Waals surface area (Å²) in [4.78, 5) is 28.7. The molecule has 0 saturated heterocycles. The van der Waals surface area contributed by atoms with Crippen molar-refractivity contribution in [1.29, 1.82) is 0 Å². The van der Waals surface area contributed by atoms with Crippen molar-refractivity contribution in [3.8, 4) is 11.3 Å². The maximum Gasteiger partial charge on any atom is 0.416 e. The lowest BCUT2D eigenvalue weighted by molar-refractivity contribution is -0.138. The molecule has 4 rings (SSSR count). The number of nitrogens with zero attached hydrogens (tertiary/aromatic N) is 2. The molecule has 1 amide bonds. The van der Waals surface area contributed by atoms with Gasteiger partial charge in [0.25, 0.3) is 11.5 Å². The van der Waals surface area contributed by atoms with E-state index in [1.807, 2.05) is 20.8 Å². The number of fused-ring (bicyclic) bond motifs is 1. The predicted octanol–water partition coefficient (Wildman–Crippen LogP) is 4.67. The average molecular weight is 446 g/mol. The summed E-state index contributed by atoms with van der Waals surface area (Å²) in [7, 11) is 0. The monoisotopic (exact) mass is 446 g/mol. The first-order chi connectivity index (χ1) is 15.0. The van der Waals surface area contributed by atoms with Gasteiger partial charge in [0.15, 0.2) is 5.69 Å². The van der Waals surface area contributed by atoms with Crippen LogP contribution in [0.3, 0.4) is 0 Å². The largest absolute Gasteiger partial charge is 0.416 e. The number of hydrogen-bond donors (Lipinski definition) is 2. The van der Waals surface area contributed by atoms with Crippen molar-refractivity contribution in [2.24, 2.45) is 5.92 Å². The van der Waals surface area contributed by atoms with Crippen LogP contribution in [0.25, 0.3) is 16.8 Å². The van der Waals surface area contributed by atoms with Crippen molar-refractivity contribution >= 4 is 11.4 Å². The van der Waals surface area contributed by atoms with E-state index in [-0.39, 0.29) is 35.0 Å². The van der Waals surface area contributed by atoms with Gasteiger partial charge in [-0.05, 0) is 61.8 Å². The molecular weight excluding hydrogens is 421 g/mol. The second kappa shape index (κ2) is 7.79. The number of halogens is 3. The van der Waals surface area contributed by atoms with Gasteiger partial charge in [0.2, 0.25) is 0 Å². The lowest BCUT2D eigenvalue weighted by Gasteiger charge is -2.16. The molecule has 1 fully saturated rings. The van der Waals surface area contributed by atoms with Gasteiger partial charge in [-0.3, -0.25) is 9.59 Å². The highest BCUT2D eigenvalue weighted by Gasteiger charge is 2.35. The molecule has 0 aliphatic heterocycles. The maximum absolute atomic E-state index is 13.1. The molecule has 1 aliphatic rings. The maximum atomic E-state index is 13.1. The Kier molecular flexibility index (Phi) is 5.38. The number of nitrogens with one attached hydrogen (secondary N) is 2. The number of hydrogen-bond acceptors (Lipinski definition) is 3. The molecule has 1 atom stereocenters. The quantitative estimate of drug-likeness (QED) is 0.598. The fourth-order valence-electron chi connectivity index (χ4n) is 3.77. The van der Waals surface area contributed by atoms with Crippen molar-refractivity contribution in [2.45, 2.75) is 58.7 Å². The molecule has 1 unspecified atom stereocenters. The highest BCUT2D eigenvalue weighted by Crippen LogP contribution is 2.43. The minimum atomic E-state index is -4.45. The number of aromatic amines is 1. The van der Waals surface area contributed by atoms with Crippen molar-refractivity contribution in [3.63, 3.8) is 0 Å². The average Bonchev–Trinajstić information content (AvgIpc) is 3.46. The molecule has 1 aliphatic carbocycles. The minimum Gasteiger partial charge on any atom is -0.348 e. The molecule has 1 aromatic carbocycles. The minimum absolute atomic E-state index is 0.0535. The molecule has 1 saturated carbocycles. The van der Waals surface area contributed by atoms with Gasteiger partial charge in [0.1, 0.15) is 5.52 Å². The standard InChI is InChI=1S/C23H25F3N4O2/c1-11(2)13(4)27-21(31)19-18(14-5-6-14)20-22(32)28-17(10-30(20)29-19)15-7-8-16(12(3)9-15)23(24,25)26/h7-11,13-14H,5-6H2,1-4H3,(H,27,31)(H,28,32). The van der Waals surface area contributed by atoms with E-state index in [9.17, 15) is 22.8 Å². The highest BCUT2D eigenvalue weighted by molar-refractivity contribution is 5.96. The molecule has 0 spiro atoms. The molecule has 2 aromatic heterocycles. The first kappa shape index (κ1) is 22.1. The Balaban J connectivity index is 1.80. The van der Waals surface area contributed by atoms with E-state index in [2.05, 4.69) is 15.4 Å². The predicted molar refractivity (Wildman–Crippen MR) is 115 cm³/mol. The fraction of sp³-hybridized carbons (Fsp3) is 0.435. The van der Waals surface area contributed by atoms with Crippen molar-refractivity contribution in [3.05, 3.63) is 57.1 Å². The molecule has 0 bridgehead atoms. The molecule has 32 heavy (non-hydrogen) atoms. The zero-order valence-electron chi connectivity index (χ0n) is 18.3. The third kappa shape index (κ3) is 4.03. The zero-order valence-corrected chi connectivity index (χ0v) is 18.3. The third-order valence-electron chi connectivity index (χ3n) is 6.06. The van der Waals surface area contributed by atoms with Gasteiger partial charge in [-0.25, -0.2) is 4.52 Å². The number of amides is 1. The first-order valence-electron chi connectivity index (χ1n) is 10.6. The number of aromatic nitrogens is 3. The molecule has 170 valence electrons. The number of benzene rings is 1. The van der Waals surface area contributed by atoms with Crippen molar-refractivity contribution < 1.29 is 18.0 Å². The number of aryl methyl sites for hydroxylation is 1. The van der Waals surface area contributed by atoms with Gasteiger partial charge in [-0.1, -0.05) is 19.9 Å². The van der Waals surface area contributed by atoms with Gasteiger partial charge in [0, 0.05) is 11.6 Å². The van der Waals surface area contributed by atoms with Crippen molar-refractivity contribution in [1.82, 2.24) is 19.9 Å². The van der Waals surface area contributed by atoms with Gasteiger partial charge in [-0.2, -0.15) is 18.3 Å². The van der Waals surface area contributed by atoms with E-state index >= 15 is 0 Å². The summed E-state index contributed by atoms with van der Waals surface area (Å²) < 4.78 is 40.6. The summed E-state index contributed by atoms with van der Waals surface area (Å²) in [6.45, 7) is 7.28. The fourth-order valence-corrected chi connectivity index (χ4v) is 3.77. The van der Waals surface area contributed by atoms with Gasteiger partial charge >= 0.3 is 6.18 Å². The van der Waals surface area contributed by atoms with E-state index in [1.165, 1.54) is 23.6 Å². The number of carbonyl (C=O) groups is 1. The van der Waals surface area contributed by atoms with E-state index in [0.29, 0.717) is 22.3 Å². The molecule has 2 N–H and O–H groups in total. The SMILES string of the molecule is Cc1cc(-c2cn3nc(C(=O)NC(C)C(C)C)c(C4CC4)c3c(=O)[nH]2)ccc1C(F)(F)F. The van der Waals surface area contributed by atoms with Crippen LogP contribution in [-0.2, 0) is 6.18 Å².